The Kier molecular flexibility index (Phi) is 4.07. The minimum Gasteiger partial charge on any atom is -0.370 e. The molecule has 1 amide bonds. The first-order valence-corrected chi connectivity index (χ1v) is 7.08. The first-order chi connectivity index (χ1) is 8.11. The fourth-order valence-corrected chi connectivity index (χ4v) is 3.09. The Balaban J connectivity index is 2.11. The van der Waals surface area contributed by atoms with E-state index in [9.17, 15) is 4.79 Å². The van der Waals surface area contributed by atoms with Crippen molar-refractivity contribution in [3.8, 4) is 0 Å². The summed E-state index contributed by atoms with van der Waals surface area (Å²) in [4.78, 5) is 15.0. The Labute approximate surface area is 110 Å². The SMILES string of the molecule is Cc1ccsc1C(=O)N1CC(C)OC(CCl)C1. The monoisotopic (exact) mass is 273 g/mol. The third-order valence-electron chi connectivity index (χ3n) is 2.84. The standard InChI is InChI=1S/C12H16ClNO2S/c1-8-3-4-17-11(8)12(15)14-6-9(2)16-10(5-13)7-14/h3-4,9-10H,5-7H2,1-2H3. The second kappa shape index (κ2) is 5.38. The van der Waals surface area contributed by atoms with E-state index in [0.717, 1.165) is 10.4 Å². The molecule has 1 aromatic rings. The molecular formula is C12H16ClNO2S. The van der Waals surface area contributed by atoms with Gasteiger partial charge in [-0.2, -0.15) is 0 Å². The molecule has 0 spiro atoms. The van der Waals surface area contributed by atoms with Gasteiger partial charge in [0, 0.05) is 13.1 Å². The Hall–Kier alpha value is -0.580. The lowest BCUT2D eigenvalue weighted by Gasteiger charge is -2.36. The fourth-order valence-electron chi connectivity index (χ4n) is 2.03. The minimum atomic E-state index is -0.0513. The van der Waals surface area contributed by atoms with Crippen LogP contribution in [0.4, 0.5) is 0 Å². The van der Waals surface area contributed by atoms with E-state index in [1.54, 1.807) is 0 Å². The number of nitrogens with zero attached hydrogens (tertiary/aromatic N) is 1. The van der Waals surface area contributed by atoms with Crippen molar-refractivity contribution >= 4 is 28.8 Å². The van der Waals surface area contributed by atoms with Gasteiger partial charge in [0.15, 0.2) is 0 Å². The summed E-state index contributed by atoms with van der Waals surface area (Å²) in [5.41, 5.74) is 1.04. The van der Waals surface area contributed by atoms with Crippen molar-refractivity contribution in [3.05, 3.63) is 21.9 Å². The fraction of sp³-hybridized carbons (Fsp3) is 0.583. The summed E-state index contributed by atoms with van der Waals surface area (Å²) in [6, 6.07) is 1.97. The van der Waals surface area contributed by atoms with Crippen LogP contribution in [0, 0.1) is 6.92 Å². The Morgan fingerprint density at radius 3 is 3.00 bits per heavy atom. The number of thiophene rings is 1. The molecule has 0 saturated carbocycles. The summed E-state index contributed by atoms with van der Waals surface area (Å²) >= 11 is 7.31. The molecule has 0 N–H and O–H groups in total. The lowest BCUT2D eigenvalue weighted by molar-refractivity contribution is -0.0569. The number of amides is 1. The van der Waals surface area contributed by atoms with Crippen LogP contribution >= 0.6 is 22.9 Å². The minimum absolute atomic E-state index is 0.0513. The molecule has 0 aromatic carbocycles. The predicted octanol–water partition coefficient (Wildman–Crippen LogP) is 2.52. The quantitative estimate of drug-likeness (QED) is 0.775. The van der Waals surface area contributed by atoms with Crippen LogP contribution in [0.15, 0.2) is 11.4 Å². The van der Waals surface area contributed by atoms with Gasteiger partial charge in [-0.15, -0.1) is 22.9 Å². The number of rotatable bonds is 2. The van der Waals surface area contributed by atoms with Crippen LogP contribution in [0.3, 0.4) is 0 Å². The van der Waals surface area contributed by atoms with E-state index in [4.69, 9.17) is 16.3 Å². The van der Waals surface area contributed by atoms with Crippen molar-refractivity contribution in [3.63, 3.8) is 0 Å². The number of morpholine rings is 1. The van der Waals surface area contributed by atoms with Crippen LogP contribution in [0.25, 0.3) is 0 Å². The van der Waals surface area contributed by atoms with Gasteiger partial charge in [0.25, 0.3) is 5.91 Å². The largest absolute Gasteiger partial charge is 0.370 e. The maximum Gasteiger partial charge on any atom is 0.264 e. The van der Waals surface area contributed by atoms with Gasteiger partial charge in [0.2, 0.25) is 0 Å². The molecule has 1 aliphatic rings. The highest BCUT2D eigenvalue weighted by Crippen LogP contribution is 2.21. The zero-order valence-corrected chi connectivity index (χ0v) is 11.6. The van der Waals surface area contributed by atoms with Crippen LogP contribution in [0.5, 0.6) is 0 Å². The Morgan fingerprint density at radius 1 is 1.65 bits per heavy atom. The molecule has 1 aliphatic heterocycles. The second-order valence-corrected chi connectivity index (χ2v) is 5.59. The first-order valence-electron chi connectivity index (χ1n) is 5.66. The summed E-state index contributed by atoms with van der Waals surface area (Å²) in [6.07, 6.45) is 0.00125. The van der Waals surface area contributed by atoms with Gasteiger partial charge in [-0.25, -0.2) is 0 Å². The van der Waals surface area contributed by atoms with Crippen molar-refractivity contribution in [2.45, 2.75) is 26.1 Å². The van der Waals surface area contributed by atoms with Crippen molar-refractivity contribution in [1.82, 2.24) is 4.90 Å². The molecule has 2 atom stereocenters. The molecule has 1 fully saturated rings. The smallest absolute Gasteiger partial charge is 0.264 e. The molecule has 2 heterocycles. The maximum atomic E-state index is 12.3. The van der Waals surface area contributed by atoms with Crippen molar-refractivity contribution < 1.29 is 9.53 Å². The molecule has 1 aromatic heterocycles. The van der Waals surface area contributed by atoms with E-state index < -0.39 is 0 Å². The van der Waals surface area contributed by atoms with Crippen molar-refractivity contribution in [2.24, 2.45) is 0 Å². The van der Waals surface area contributed by atoms with E-state index in [1.165, 1.54) is 11.3 Å². The third kappa shape index (κ3) is 2.81. The predicted molar refractivity (Wildman–Crippen MR) is 70.0 cm³/mol. The van der Waals surface area contributed by atoms with Crippen molar-refractivity contribution in [2.75, 3.05) is 19.0 Å². The maximum absolute atomic E-state index is 12.3. The number of carbonyl (C=O) groups is 1. The molecule has 1 saturated heterocycles. The summed E-state index contributed by atoms with van der Waals surface area (Å²) < 4.78 is 5.64. The van der Waals surface area contributed by atoms with E-state index in [0.29, 0.717) is 19.0 Å². The molecule has 3 nitrogen and oxygen atoms in total. The van der Waals surface area contributed by atoms with E-state index in [2.05, 4.69) is 0 Å². The van der Waals surface area contributed by atoms with Gasteiger partial charge in [-0.3, -0.25) is 4.79 Å². The molecule has 0 bridgehead atoms. The molecule has 0 radical (unpaired) electrons. The Bertz CT molecular complexity index is 407. The van der Waals surface area contributed by atoms with Crippen LogP contribution < -0.4 is 0 Å². The number of aryl methyl sites for hydroxylation is 1. The van der Waals surface area contributed by atoms with Crippen LogP contribution in [-0.4, -0.2) is 42.0 Å². The van der Waals surface area contributed by atoms with E-state index >= 15 is 0 Å². The van der Waals surface area contributed by atoms with Gasteiger partial charge in [0.05, 0.1) is 23.0 Å². The van der Waals surface area contributed by atoms with Crippen LogP contribution in [-0.2, 0) is 4.74 Å². The zero-order valence-electron chi connectivity index (χ0n) is 9.98. The number of hydrogen-bond acceptors (Lipinski definition) is 3. The summed E-state index contributed by atoms with van der Waals surface area (Å²) in [5, 5.41) is 1.95. The zero-order chi connectivity index (χ0) is 12.4. The topological polar surface area (TPSA) is 29.5 Å². The van der Waals surface area contributed by atoms with Crippen molar-refractivity contribution in [1.29, 1.82) is 0 Å². The number of alkyl halides is 1. The average Bonchev–Trinajstić information content (AvgIpc) is 2.73. The molecule has 5 heteroatoms. The number of halogens is 1. The highest BCUT2D eigenvalue weighted by atomic mass is 35.5. The van der Waals surface area contributed by atoms with Crippen LogP contribution in [0.2, 0.25) is 0 Å². The lowest BCUT2D eigenvalue weighted by atomic mass is 10.2. The number of carbonyl (C=O) groups excluding carboxylic acids is 1. The first kappa shape index (κ1) is 12.9. The molecular weight excluding hydrogens is 258 g/mol. The molecule has 94 valence electrons. The molecule has 0 aliphatic carbocycles. The third-order valence-corrected chi connectivity index (χ3v) is 4.19. The van der Waals surface area contributed by atoms with Gasteiger partial charge in [0.1, 0.15) is 0 Å². The van der Waals surface area contributed by atoms with Gasteiger partial charge in [-0.1, -0.05) is 0 Å². The van der Waals surface area contributed by atoms with E-state index in [1.807, 2.05) is 30.2 Å². The summed E-state index contributed by atoms with van der Waals surface area (Å²) in [5.74, 6) is 0.528. The number of hydrogen-bond donors (Lipinski definition) is 0. The molecule has 17 heavy (non-hydrogen) atoms. The highest BCUT2D eigenvalue weighted by Gasteiger charge is 2.29. The van der Waals surface area contributed by atoms with Gasteiger partial charge >= 0.3 is 0 Å². The summed E-state index contributed by atoms with van der Waals surface area (Å²) in [7, 11) is 0. The normalized spacial score (nSPS) is 25.0. The Morgan fingerprint density at radius 2 is 2.41 bits per heavy atom. The van der Waals surface area contributed by atoms with Gasteiger partial charge in [-0.05, 0) is 30.9 Å². The molecule has 2 rings (SSSR count). The van der Waals surface area contributed by atoms with Crippen LogP contribution in [0.1, 0.15) is 22.2 Å². The highest BCUT2D eigenvalue weighted by molar-refractivity contribution is 7.12. The van der Waals surface area contributed by atoms with E-state index in [-0.39, 0.29) is 18.1 Å². The van der Waals surface area contributed by atoms with Gasteiger partial charge < -0.3 is 9.64 Å². The average molecular weight is 274 g/mol. The lowest BCUT2D eigenvalue weighted by Crippen LogP contribution is -2.49. The number of ether oxygens (including phenoxy) is 1. The second-order valence-electron chi connectivity index (χ2n) is 4.37. The molecule has 2 unspecified atom stereocenters. The summed E-state index contributed by atoms with van der Waals surface area (Å²) in [6.45, 7) is 5.17.